The van der Waals surface area contributed by atoms with Crippen molar-refractivity contribution in [2.75, 3.05) is 25.0 Å². The van der Waals surface area contributed by atoms with E-state index in [1.165, 1.54) is 12.1 Å². The highest BCUT2D eigenvalue weighted by Gasteiger charge is 2.33. The molecule has 1 heterocycles. The smallest absolute Gasteiger partial charge is 0.238 e. The summed E-state index contributed by atoms with van der Waals surface area (Å²) >= 11 is 0. The Hall–Kier alpha value is -1.19. The van der Waals surface area contributed by atoms with Crippen LogP contribution in [-0.2, 0) is 14.8 Å². The summed E-state index contributed by atoms with van der Waals surface area (Å²) in [6.45, 7) is 9.59. The predicted octanol–water partition coefficient (Wildman–Crippen LogP) is 1.37. The molecule has 0 spiro atoms. The summed E-state index contributed by atoms with van der Waals surface area (Å²) in [5, 5.41) is 8.02. The number of sulfonamides is 1. The van der Waals surface area contributed by atoms with Crippen molar-refractivity contribution in [1.82, 2.24) is 4.90 Å². The van der Waals surface area contributed by atoms with Gasteiger partial charge in [-0.25, -0.2) is 13.6 Å². The molecule has 9 heteroatoms. The molecule has 0 radical (unpaired) electrons. The van der Waals surface area contributed by atoms with E-state index in [1.807, 2.05) is 6.92 Å². The molecule has 1 fully saturated rings. The van der Waals surface area contributed by atoms with Crippen molar-refractivity contribution in [2.24, 2.45) is 16.3 Å². The number of anilines is 1. The number of nitrogens with two attached hydrogens (primary N) is 2. The fourth-order valence-corrected chi connectivity index (χ4v) is 3.76. The normalized spacial score (nSPS) is 20.3. The number of nitrogens with one attached hydrogen (secondary N) is 1. The lowest BCUT2D eigenvalue weighted by atomic mass is 9.80. The first-order valence-corrected chi connectivity index (χ1v) is 9.86. The molecule has 1 atom stereocenters. The Morgan fingerprint density at radius 3 is 2.50 bits per heavy atom. The first kappa shape index (κ1) is 22.9. The summed E-state index contributed by atoms with van der Waals surface area (Å²) in [5.74, 6) is -0.180. The summed E-state index contributed by atoms with van der Waals surface area (Å²) in [6, 6.07) is 3.05. The van der Waals surface area contributed by atoms with Gasteiger partial charge in [-0.05, 0) is 48.9 Å². The van der Waals surface area contributed by atoms with Gasteiger partial charge in [0.2, 0.25) is 15.9 Å². The SMILES string of the molecule is Cc1cc(S(N)(=O)=O)cc(NC(=O)CN2CCC(N)C(C)(C)C2)c1C.Cl. The van der Waals surface area contributed by atoms with Crippen molar-refractivity contribution in [3.63, 3.8) is 0 Å². The molecular formula is C17H29ClN4O3S. The average molecular weight is 405 g/mol. The molecule has 1 aliphatic heterocycles. The zero-order valence-electron chi connectivity index (χ0n) is 15.7. The zero-order valence-corrected chi connectivity index (χ0v) is 17.3. The molecule has 7 nitrogen and oxygen atoms in total. The third-order valence-electron chi connectivity index (χ3n) is 5.00. The van der Waals surface area contributed by atoms with Crippen LogP contribution in [0.25, 0.3) is 0 Å². The number of benzene rings is 1. The standard InChI is InChI=1S/C17H28N4O3S.ClH/c1-11-7-13(25(19,23)24)8-14(12(11)2)20-16(22)9-21-6-5-15(18)17(3,4)10-21;/h7-8,15H,5-6,9-10,18H2,1-4H3,(H,20,22)(H2,19,23,24);1H. The Balaban J connectivity index is 0.00000338. The summed E-state index contributed by atoms with van der Waals surface area (Å²) in [7, 11) is -3.82. The Bertz CT molecular complexity index is 780. The van der Waals surface area contributed by atoms with Gasteiger partial charge in [0, 0.05) is 24.8 Å². The van der Waals surface area contributed by atoms with Crippen molar-refractivity contribution < 1.29 is 13.2 Å². The number of carbonyl (C=O) groups excluding carboxylic acids is 1. The lowest BCUT2D eigenvalue weighted by molar-refractivity contribution is -0.118. The highest BCUT2D eigenvalue weighted by atomic mass is 35.5. The van der Waals surface area contributed by atoms with E-state index in [9.17, 15) is 13.2 Å². The molecule has 0 aromatic heterocycles. The molecule has 1 aliphatic rings. The number of hydrogen-bond donors (Lipinski definition) is 3. The van der Waals surface area contributed by atoms with Crippen LogP contribution in [0.2, 0.25) is 0 Å². The number of primary sulfonamides is 1. The van der Waals surface area contributed by atoms with Gasteiger partial charge in [0.05, 0.1) is 11.4 Å². The highest BCUT2D eigenvalue weighted by Crippen LogP contribution is 2.28. The van der Waals surface area contributed by atoms with E-state index in [-0.39, 0.29) is 41.2 Å². The second-order valence-corrected chi connectivity index (χ2v) is 9.16. The summed E-state index contributed by atoms with van der Waals surface area (Å²) in [6.07, 6.45) is 0.847. The van der Waals surface area contributed by atoms with Gasteiger partial charge < -0.3 is 11.1 Å². The Labute approximate surface area is 162 Å². The minimum atomic E-state index is -3.82. The monoisotopic (exact) mass is 404 g/mol. The van der Waals surface area contributed by atoms with Crippen molar-refractivity contribution >= 4 is 34.0 Å². The van der Waals surface area contributed by atoms with Crippen molar-refractivity contribution in [1.29, 1.82) is 0 Å². The van der Waals surface area contributed by atoms with E-state index in [0.29, 0.717) is 5.69 Å². The molecule has 5 N–H and O–H groups in total. The first-order chi connectivity index (χ1) is 11.4. The van der Waals surface area contributed by atoms with Crippen LogP contribution >= 0.6 is 12.4 Å². The molecule has 1 aromatic carbocycles. The lowest BCUT2D eigenvalue weighted by Crippen LogP contribution is -2.53. The average Bonchev–Trinajstić information content (AvgIpc) is 2.46. The fourth-order valence-electron chi connectivity index (χ4n) is 3.13. The van der Waals surface area contributed by atoms with Crippen LogP contribution < -0.4 is 16.2 Å². The van der Waals surface area contributed by atoms with Crippen molar-refractivity contribution in [3.8, 4) is 0 Å². The zero-order chi connectivity index (χ0) is 19.0. The van der Waals surface area contributed by atoms with Crippen LogP contribution in [0.3, 0.4) is 0 Å². The number of aryl methyl sites for hydroxylation is 1. The predicted molar refractivity (Wildman–Crippen MR) is 106 cm³/mol. The van der Waals surface area contributed by atoms with E-state index >= 15 is 0 Å². The van der Waals surface area contributed by atoms with Gasteiger partial charge in [0.25, 0.3) is 0 Å². The minimum Gasteiger partial charge on any atom is -0.327 e. The quantitative estimate of drug-likeness (QED) is 0.700. The molecule has 0 saturated carbocycles. The number of carbonyl (C=O) groups is 1. The molecule has 1 aromatic rings. The Morgan fingerprint density at radius 1 is 1.35 bits per heavy atom. The molecule has 148 valence electrons. The molecule has 0 aliphatic carbocycles. The van der Waals surface area contributed by atoms with Crippen LogP contribution in [0, 0.1) is 19.3 Å². The van der Waals surface area contributed by atoms with E-state index in [2.05, 4.69) is 24.1 Å². The van der Waals surface area contributed by atoms with Crippen LogP contribution in [0.5, 0.6) is 0 Å². The van der Waals surface area contributed by atoms with Gasteiger partial charge in [0.15, 0.2) is 0 Å². The second-order valence-electron chi connectivity index (χ2n) is 7.60. The van der Waals surface area contributed by atoms with E-state index in [0.717, 1.165) is 30.6 Å². The largest absolute Gasteiger partial charge is 0.327 e. The van der Waals surface area contributed by atoms with Crippen molar-refractivity contribution in [3.05, 3.63) is 23.3 Å². The number of likely N-dealkylation sites (tertiary alicyclic amines) is 1. The van der Waals surface area contributed by atoms with Crippen LogP contribution in [0.4, 0.5) is 5.69 Å². The topological polar surface area (TPSA) is 119 Å². The molecule has 1 amide bonds. The Morgan fingerprint density at radius 2 is 1.96 bits per heavy atom. The number of piperidine rings is 1. The number of amides is 1. The minimum absolute atomic E-state index is 0. The summed E-state index contributed by atoms with van der Waals surface area (Å²) < 4.78 is 23.2. The lowest BCUT2D eigenvalue weighted by Gasteiger charge is -2.42. The number of hydrogen-bond acceptors (Lipinski definition) is 5. The van der Waals surface area contributed by atoms with Gasteiger partial charge in [-0.2, -0.15) is 0 Å². The van der Waals surface area contributed by atoms with Crippen LogP contribution in [0.15, 0.2) is 17.0 Å². The molecule has 26 heavy (non-hydrogen) atoms. The number of rotatable bonds is 4. The number of halogens is 1. The van der Waals surface area contributed by atoms with E-state index in [1.54, 1.807) is 6.92 Å². The van der Waals surface area contributed by atoms with Crippen LogP contribution in [-0.4, -0.2) is 44.9 Å². The van der Waals surface area contributed by atoms with Crippen molar-refractivity contribution in [2.45, 2.75) is 45.1 Å². The molecule has 0 bridgehead atoms. The third kappa shape index (κ3) is 5.40. The van der Waals surface area contributed by atoms with Gasteiger partial charge in [-0.3, -0.25) is 9.69 Å². The maximum absolute atomic E-state index is 12.4. The maximum atomic E-state index is 12.4. The fraction of sp³-hybridized carbons (Fsp3) is 0.588. The first-order valence-electron chi connectivity index (χ1n) is 8.32. The Kier molecular flexibility index (Phi) is 7.23. The summed E-state index contributed by atoms with van der Waals surface area (Å²) in [4.78, 5) is 14.5. The number of nitrogens with zero attached hydrogens (tertiary/aromatic N) is 1. The van der Waals surface area contributed by atoms with Gasteiger partial charge in [-0.15, -0.1) is 12.4 Å². The second kappa shape index (κ2) is 8.22. The third-order valence-corrected chi connectivity index (χ3v) is 5.89. The molecule has 1 saturated heterocycles. The molecular weight excluding hydrogens is 376 g/mol. The van der Waals surface area contributed by atoms with E-state index in [4.69, 9.17) is 10.9 Å². The maximum Gasteiger partial charge on any atom is 0.238 e. The molecule has 1 unspecified atom stereocenters. The molecule has 2 rings (SSSR count). The van der Waals surface area contributed by atoms with E-state index < -0.39 is 10.0 Å². The highest BCUT2D eigenvalue weighted by molar-refractivity contribution is 7.89. The summed E-state index contributed by atoms with van der Waals surface area (Å²) in [5.41, 5.74) is 8.14. The van der Waals surface area contributed by atoms with Crippen LogP contribution in [0.1, 0.15) is 31.4 Å². The van der Waals surface area contributed by atoms with Gasteiger partial charge in [0.1, 0.15) is 0 Å². The van der Waals surface area contributed by atoms with Gasteiger partial charge in [-0.1, -0.05) is 13.8 Å². The van der Waals surface area contributed by atoms with Gasteiger partial charge >= 0.3 is 0 Å².